The summed E-state index contributed by atoms with van der Waals surface area (Å²) in [6.45, 7) is 4.76. The van der Waals surface area contributed by atoms with Crippen molar-refractivity contribution < 1.29 is 0 Å². The molecular weight excluding hydrogens is 220 g/mol. The van der Waals surface area contributed by atoms with Gasteiger partial charge in [0.05, 0.1) is 0 Å². The van der Waals surface area contributed by atoms with E-state index in [2.05, 4.69) is 36.2 Å². The predicted octanol–water partition coefficient (Wildman–Crippen LogP) is 3.25. The maximum Gasteiger partial charge on any atom is 0.0417 e. The van der Waals surface area contributed by atoms with Gasteiger partial charge in [-0.3, -0.25) is 0 Å². The van der Waals surface area contributed by atoms with Gasteiger partial charge in [-0.15, -0.1) is 0 Å². The average molecular weight is 238 g/mol. The maximum atomic E-state index is 5.60. The van der Waals surface area contributed by atoms with Crippen LogP contribution in [0.15, 0.2) is 55.1 Å². The summed E-state index contributed by atoms with van der Waals surface area (Å²) in [7, 11) is 1.92. The molecule has 2 aromatic rings. The second-order valence-corrected chi connectivity index (χ2v) is 4.18. The highest BCUT2D eigenvalue weighted by Gasteiger charge is 2.06. The number of nitrogens with one attached hydrogen (secondary N) is 1. The van der Waals surface area contributed by atoms with Gasteiger partial charge < -0.3 is 11.1 Å². The van der Waals surface area contributed by atoms with Gasteiger partial charge in [-0.2, -0.15) is 0 Å². The van der Waals surface area contributed by atoms with Crippen molar-refractivity contribution >= 4 is 11.3 Å². The number of hydrogen-bond acceptors (Lipinski definition) is 2. The van der Waals surface area contributed by atoms with Crippen LogP contribution in [0.25, 0.3) is 5.57 Å². The third-order valence-corrected chi connectivity index (χ3v) is 3.06. The van der Waals surface area contributed by atoms with Gasteiger partial charge in [-0.25, -0.2) is 0 Å². The molecule has 2 heteroatoms. The number of para-hydroxylation sites is 1. The van der Waals surface area contributed by atoms with E-state index < -0.39 is 0 Å². The summed E-state index contributed by atoms with van der Waals surface area (Å²) in [6.07, 6.45) is 0. The molecule has 0 unspecified atom stereocenters. The van der Waals surface area contributed by atoms with E-state index in [0.717, 1.165) is 28.0 Å². The first-order valence-corrected chi connectivity index (χ1v) is 6.01. The van der Waals surface area contributed by atoms with Crippen LogP contribution in [0, 0.1) is 0 Å². The fourth-order valence-corrected chi connectivity index (χ4v) is 1.96. The molecule has 0 heterocycles. The second-order valence-electron chi connectivity index (χ2n) is 4.18. The van der Waals surface area contributed by atoms with E-state index in [-0.39, 0.29) is 0 Å². The van der Waals surface area contributed by atoms with Gasteiger partial charge in [-0.1, -0.05) is 49.0 Å². The molecule has 0 fully saturated rings. The standard InChI is InChI=1S/C16H18N2/c1-12(14-9-7-13(11-17)8-10-14)15-5-3-4-6-16(15)18-2/h3-10,18H,1,11,17H2,2H3. The van der Waals surface area contributed by atoms with E-state index in [1.54, 1.807) is 0 Å². The first-order valence-electron chi connectivity index (χ1n) is 6.01. The van der Waals surface area contributed by atoms with E-state index in [0.29, 0.717) is 6.54 Å². The lowest BCUT2D eigenvalue weighted by Gasteiger charge is -2.12. The van der Waals surface area contributed by atoms with Crippen LogP contribution in [0.5, 0.6) is 0 Å². The minimum atomic E-state index is 0.569. The van der Waals surface area contributed by atoms with E-state index in [1.165, 1.54) is 0 Å². The zero-order valence-corrected chi connectivity index (χ0v) is 10.6. The van der Waals surface area contributed by atoms with Crippen LogP contribution >= 0.6 is 0 Å². The lowest BCUT2D eigenvalue weighted by molar-refractivity contribution is 1.07. The van der Waals surface area contributed by atoms with Gasteiger partial charge in [0.1, 0.15) is 0 Å². The fraction of sp³-hybridized carbons (Fsp3) is 0.125. The van der Waals surface area contributed by atoms with Crippen LogP contribution in [0.2, 0.25) is 0 Å². The number of hydrogen-bond donors (Lipinski definition) is 2. The zero-order valence-electron chi connectivity index (χ0n) is 10.6. The van der Waals surface area contributed by atoms with Gasteiger partial charge >= 0.3 is 0 Å². The third-order valence-electron chi connectivity index (χ3n) is 3.06. The number of nitrogens with two attached hydrogens (primary N) is 1. The third kappa shape index (κ3) is 2.44. The van der Waals surface area contributed by atoms with Crippen molar-refractivity contribution in [2.45, 2.75) is 6.54 Å². The Morgan fingerprint density at radius 1 is 1.11 bits per heavy atom. The van der Waals surface area contributed by atoms with Crippen molar-refractivity contribution in [3.63, 3.8) is 0 Å². The first kappa shape index (κ1) is 12.4. The van der Waals surface area contributed by atoms with Gasteiger partial charge in [0, 0.05) is 24.8 Å². The molecule has 0 aromatic heterocycles. The smallest absolute Gasteiger partial charge is 0.0417 e. The van der Waals surface area contributed by atoms with Crippen molar-refractivity contribution in [1.82, 2.24) is 0 Å². The Labute approximate surface area is 108 Å². The summed E-state index contributed by atoms with van der Waals surface area (Å²) in [6, 6.07) is 16.4. The maximum absolute atomic E-state index is 5.60. The molecule has 0 aliphatic carbocycles. The molecule has 3 N–H and O–H groups in total. The quantitative estimate of drug-likeness (QED) is 0.858. The molecule has 0 amide bonds. The van der Waals surface area contributed by atoms with E-state index >= 15 is 0 Å². The number of benzene rings is 2. The average Bonchev–Trinajstić information content (AvgIpc) is 2.46. The van der Waals surface area contributed by atoms with Gasteiger partial charge in [0.2, 0.25) is 0 Å². The molecule has 0 radical (unpaired) electrons. The summed E-state index contributed by atoms with van der Waals surface area (Å²) in [4.78, 5) is 0. The highest BCUT2D eigenvalue weighted by atomic mass is 14.8. The van der Waals surface area contributed by atoms with Crippen molar-refractivity contribution in [3.8, 4) is 0 Å². The molecule has 0 spiro atoms. The van der Waals surface area contributed by atoms with Crippen molar-refractivity contribution in [2.75, 3.05) is 12.4 Å². The monoisotopic (exact) mass is 238 g/mol. The van der Waals surface area contributed by atoms with Crippen molar-refractivity contribution in [3.05, 3.63) is 71.8 Å². The van der Waals surface area contributed by atoms with Gasteiger partial charge in [-0.05, 0) is 22.8 Å². The summed E-state index contributed by atoms with van der Waals surface area (Å²) < 4.78 is 0. The lowest BCUT2D eigenvalue weighted by Crippen LogP contribution is -1.97. The highest BCUT2D eigenvalue weighted by Crippen LogP contribution is 2.27. The predicted molar refractivity (Wildman–Crippen MR) is 78.5 cm³/mol. The molecule has 2 aromatic carbocycles. The Morgan fingerprint density at radius 2 is 1.78 bits per heavy atom. The Kier molecular flexibility index (Phi) is 3.80. The summed E-state index contributed by atoms with van der Waals surface area (Å²) in [5.74, 6) is 0. The molecule has 0 saturated carbocycles. The summed E-state index contributed by atoms with van der Waals surface area (Å²) >= 11 is 0. The van der Waals surface area contributed by atoms with Crippen LogP contribution < -0.4 is 11.1 Å². The molecule has 2 rings (SSSR count). The zero-order chi connectivity index (χ0) is 13.0. The second kappa shape index (κ2) is 5.52. The number of rotatable bonds is 4. The van der Waals surface area contributed by atoms with Gasteiger partial charge in [0.25, 0.3) is 0 Å². The molecule has 0 saturated heterocycles. The molecule has 0 aliphatic heterocycles. The molecule has 0 atom stereocenters. The number of anilines is 1. The van der Waals surface area contributed by atoms with Crippen molar-refractivity contribution in [1.29, 1.82) is 0 Å². The lowest BCUT2D eigenvalue weighted by atomic mass is 9.97. The fourth-order valence-electron chi connectivity index (χ4n) is 1.96. The Balaban J connectivity index is 2.35. The van der Waals surface area contributed by atoms with Crippen LogP contribution in [0.4, 0.5) is 5.69 Å². The van der Waals surface area contributed by atoms with Gasteiger partial charge in [0.15, 0.2) is 0 Å². The molecular formula is C16H18N2. The minimum absolute atomic E-state index is 0.569. The Morgan fingerprint density at radius 3 is 2.39 bits per heavy atom. The Bertz CT molecular complexity index is 541. The summed E-state index contributed by atoms with van der Waals surface area (Å²) in [5.41, 5.74) is 11.1. The normalized spacial score (nSPS) is 10.1. The highest BCUT2D eigenvalue weighted by molar-refractivity contribution is 5.84. The minimum Gasteiger partial charge on any atom is -0.388 e. The van der Waals surface area contributed by atoms with Crippen molar-refractivity contribution in [2.24, 2.45) is 5.73 Å². The van der Waals surface area contributed by atoms with Crippen LogP contribution in [0.1, 0.15) is 16.7 Å². The molecule has 92 valence electrons. The Hall–Kier alpha value is -2.06. The molecule has 2 nitrogen and oxygen atoms in total. The van der Waals surface area contributed by atoms with Crippen LogP contribution in [0.3, 0.4) is 0 Å². The van der Waals surface area contributed by atoms with E-state index in [1.807, 2.05) is 31.3 Å². The van der Waals surface area contributed by atoms with E-state index in [9.17, 15) is 0 Å². The van der Waals surface area contributed by atoms with Crippen LogP contribution in [-0.4, -0.2) is 7.05 Å². The molecule has 18 heavy (non-hydrogen) atoms. The molecule has 0 bridgehead atoms. The summed E-state index contributed by atoms with van der Waals surface area (Å²) in [5, 5.41) is 3.19. The first-order chi connectivity index (χ1) is 8.76. The topological polar surface area (TPSA) is 38.0 Å². The van der Waals surface area contributed by atoms with E-state index in [4.69, 9.17) is 5.73 Å². The van der Waals surface area contributed by atoms with Crippen LogP contribution in [-0.2, 0) is 6.54 Å². The SMILES string of the molecule is C=C(c1ccc(CN)cc1)c1ccccc1NC. The largest absolute Gasteiger partial charge is 0.388 e. The molecule has 0 aliphatic rings.